The van der Waals surface area contributed by atoms with E-state index in [9.17, 15) is 4.79 Å². The molecule has 0 unspecified atom stereocenters. The van der Waals surface area contributed by atoms with Gasteiger partial charge < -0.3 is 0 Å². The van der Waals surface area contributed by atoms with Crippen molar-refractivity contribution in [2.45, 2.75) is 18.2 Å². The fourth-order valence-corrected chi connectivity index (χ4v) is 3.08. The summed E-state index contributed by atoms with van der Waals surface area (Å²) in [5.41, 5.74) is 2.01. The minimum atomic E-state index is 0.184. The number of Topliss-reactive ketones (excluding diaryl/α,β-unsaturated/α-hetero) is 1. The lowest BCUT2D eigenvalue weighted by Crippen LogP contribution is -2.06. The van der Waals surface area contributed by atoms with Crippen molar-refractivity contribution >= 4 is 45.1 Å². The molecule has 0 aliphatic rings. The maximum Gasteiger partial charge on any atom is 0.147 e. The molecule has 0 fully saturated rings. The molecule has 0 aliphatic carbocycles. The van der Waals surface area contributed by atoms with Crippen LogP contribution in [0.15, 0.2) is 51.8 Å². The van der Waals surface area contributed by atoms with Crippen LogP contribution in [0.3, 0.4) is 0 Å². The standard InChI is InChI=1S/C16H14BrClOS/c1-11-2-3-12(16(18)8-11)9-14(19)10-20-15-6-4-13(17)5-7-15/h2-8H,9-10H2,1H3. The van der Waals surface area contributed by atoms with Gasteiger partial charge in [0.25, 0.3) is 0 Å². The molecule has 0 atom stereocenters. The van der Waals surface area contributed by atoms with Crippen LogP contribution in [0.25, 0.3) is 0 Å². The van der Waals surface area contributed by atoms with Crippen molar-refractivity contribution in [3.8, 4) is 0 Å². The molecular weight excluding hydrogens is 356 g/mol. The summed E-state index contributed by atoms with van der Waals surface area (Å²) in [7, 11) is 0. The van der Waals surface area contributed by atoms with Crippen molar-refractivity contribution in [3.63, 3.8) is 0 Å². The lowest BCUT2D eigenvalue weighted by Gasteiger charge is -2.05. The van der Waals surface area contributed by atoms with Crippen LogP contribution in [0.1, 0.15) is 11.1 Å². The quantitative estimate of drug-likeness (QED) is 0.664. The van der Waals surface area contributed by atoms with Crippen molar-refractivity contribution in [2.75, 3.05) is 5.75 Å². The number of hydrogen-bond acceptors (Lipinski definition) is 2. The van der Waals surface area contributed by atoms with E-state index in [0.717, 1.165) is 20.5 Å². The number of ketones is 1. The van der Waals surface area contributed by atoms with Gasteiger partial charge in [-0.3, -0.25) is 4.79 Å². The minimum Gasteiger partial charge on any atom is -0.298 e. The van der Waals surface area contributed by atoms with E-state index in [0.29, 0.717) is 17.2 Å². The van der Waals surface area contributed by atoms with Gasteiger partial charge in [0, 0.05) is 20.8 Å². The van der Waals surface area contributed by atoms with E-state index in [4.69, 9.17) is 11.6 Å². The molecule has 0 aliphatic heterocycles. The SMILES string of the molecule is Cc1ccc(CC(=O)CSc2ccc(Br)cc2)c(Cl)c1. The summed E-state index contributed by atoms with van der Waals surface area (Å²) in [6.07, 6.45) is 0.392. The molecule has 0 heterocycles. The highest BCUT2D eigenvalue weighted by molar-refractivity contribution is 9.10. The number of thioether (sulfide) groups is 1. The average Bonchev–Trinajstić information content (AvgIpc) is 2.41. The van der Waals surface area contributed by atoms with Crippen LogP contribution >= 0.6 is 39.3 Å². The lowest BCUT2D eigenvalue weighted by atomic mass is 10.1. The van der Waals surface area contributed by atoms with E-state index in [1.54, 1.807) is 11.8 Å². The Morgan fingerprint density at radius 1 is 1.20 bits per heavy atom. The minimum absolute atomic E-state index is 0.184. The van der Waals surface area contributed by atoms with E-state index in [1.165, 1.54) is 0 Å². The Labute approximate surface area is 136 Å². The Balaban J connectivity index is 1.90. The topological polar surface area (TPSA) is 17.1 Å². The molecule has 0 saturated heterocycles. The first kappa shape index (κ1) is 15.6. The van der Waals surface area contributed by atoms with E-state index in [-0.39, 0.29) is 5.78 Å². The molecule has 2 aromatic rings. The predicted octanol–water partition coefficient (Wildman–Crippen LogP) is 5.31. The third kappa shape index (κ3) is 4.65. The molecule has 2 aromatic carbocycles. The van der Waals surface area contributed by atoms with Crippen LogP contribution in [0, 0.1) is 6.92 Å². The molecule has 0 radical (unpaired) electrons. The Bertz CT molecular complexity index is 610. The average molecular weight is 370 g/mol. The largest absolute Gasteiger partial charge is 0.298 e. The van der Waals surface area contributed by atoms with Crippen LogP contribution in [0.4, 0.5) is 0 Å². The van der Waals surface area contributed by atoms with Gasteiger partial charge in [-0.25, -0.2) is 0 Å². The summed E-state index contributed by atoms with van der Waals surface area (Å²) in [6.45, 7) is 1.99. The number of benzene rings is 2. The van der Waals surface area contributed by atoms with Crippen LogP contribution in [0.5, 0.6) is 0 Å². The number of carbonyl (C=O) groups excluding carboxylic acids is 1. The number of carbonyl (C=O) groups is 1. The smallest absolute Gasteiger partial charge is 0.147 e. The fraction of sp³-hybridized carbons (Fsp3) is 0.188. The van der Waals surface area contributed by atoms with E-state index in [2.05, 4.69) is 15.9 Å². The predicted molar refractivity (Wildman–Crippen MR) is 89.8 cm³/mol. The van der Waals surface area contributed by atoms with Crippen molar-refractivity contribution < 1.29 is 4.79 Å². The van der Waals surface area contributed by atoms with E-state index in [1.807, 2.05) is 49.4 Å². The lowest BCUT2D eigenvalue weighted by molar-refractivity contribution is -0.116. The summed E-state index contributed by atoms with van der Waals surface area (Å²) < 4.78 is 1.04. The maximum absolute atomic E-state index is 12.0. The second-order valence-corrected chi connectivity index (χ2v) is 6.92. The summed E-state index contributed by atoms with van der Waals surface area (Å²) in [5.74, 6) is 0.648. The third-order valence-electron chi connectivity index (χ3n) is 2.81. The zero-order valence-electron chi connectivity index (χ0n) is 11.0. The molecule has 20 heavy (non-hydrogen) atoms. The number of halogens is 2. The van der Waals surface area contributed by atoms with Crippen molar-refractivity contribution in [2.24, 2.45) is 0 Å². The first-order chi connectivity index (χ1) is 9.54. The number of aryl methyl sites for hydroxylation is 1. The monoisotopic (exact) mass is 368 g/mol. The highest BCUT2D eigenvalue weighted by atomic mass is 79.9. The number of rotatable bonds is 5. The van der Waals surface area contributed by atoms with Gasteiger partial charge in [-0.15, -0.1) is 11.8 Å². The molecule has 104 valence electrons. The number of hydrogen-bond donors (Lipinski definition) is 0. The van der Waals surface area contributed by atoms with Gasteiger partial charge in [0.05, 0.1) is 5.75 Å². The molecule has 0 saturated carbocycles. The Morgan fingerprint density at radius 2 is 1.90 bits per heavy atom. The van der Waals surface area contributed by atoms with Gasteiger partial charge in [-0.2, -0.15) is 0 Å². The highest BCUT2D eigenvalue weighted by Crippen LogP contribution is 2.22. The molecule has 0 spiro atoms. The highest BCUT2D eigenvalue weighted by Gasteiger charge is 2.08. The summed E-state index contributed by atoms with van der Waals surface area (Å²) in [4.78, 5) is 13.1. The van der Waals surface area contributed by atoms with Gasteiger partial charge in [0.1, 0.15) is 5.78 Å². The fourth-order valence-electron chi connectivity index (χ4n) is 1.75. The molecule has 0 N–H and O–H groups in total. The van der Waals surface area contributed by atoms with Crippen molar-refractivity contribution in [3.05, 3.63) is 63.1 Å². The Hall–Kier alpha value is -0.770. The molecule has 1 nitrogen and oxygen atoms in total. The Kier molecular flexibility index (Phi) is 5.70. The molecule has 0 aromatic heterocycles. The van der Waals surface area contributed by atoms with E-state index < -0.39 is 0 Å². The molecule has 2 rings (SSSR count). The van der Waals surface area contributed by atoms with Gasteiger partial charge in [-0.1, -0.05) is 39.7 Å². The van der Waals surface area contributed by atoms with Crippen LogP contribution in [-0.4, -0.2) is 11.5 Å². The van der Waals surface area contributed by atoms with Crippen molar-refractivity contribution in [1.82, 2.24) is 0 Å². The molecule has 4 heteroatoms. The second-order valence-electron chi connectivity index (χ2n) is 4.55. The first-order valence-electron chi connectivity index (χ1n) is 6.19. The third-order valence-corrected chi connectivity index (χ3v) is 4.76. The van der Waals surface area contributed by atoms with Gasteiger partial charge in [0.15, 0.2) is 0 Å². The Morgan fingerprint density at radius 3 is 2.55 bits per heavy atom. The zero-order chi connectivity index (χ0) is 14.5. The molecular formula is C16H14BrClOS. The molecule has 0 bridgehead atoms. The normalized spacial score (nSPS) is 10.6. The zero-order valence-corrected chi connectivity index (χ0v) is 14.2. The summed E-state index contributed by atoms with van der Waals surface area (Å²) in [5, 5.41) is 0.673. The van der Waals surface area contributed by atoms with Crippen LogP contribution in [0.2, 0.25) is 5.02 Å². The van der Waals surface area contributed by atoms with Crippen LogP contribution in [-0.2, 0) is 11.2 Å². The van der Waals surface area contributed by atoms with Gasteiger partial charge >= 0.3 is 0 Å². The second kappa shape index (κ2) is 7.30. The van der Waals surface area contributed by atoms with E-state index >= 15 is 0 Å². The summed E-state index contributed by atoms with van der Waals surface area (Å²) in [6, 6.07) is 13.8. The van der Waals surface area contributed by atoms with Crippen molar-refractivity contribution in [1.29, 1.82) is 0 Å². The van der Waals surface area contributed by atoms with Gasteiger partial charge in [0.2, 0.25) is 0 Å². The first-order valence-corrected chi connectivity index (χ1v) is 8.35. The van der Waals surface area contributed by atoms with Gasteiger partial charge in [-0.05, 0) is 48.4 Å². The molecule has 0 amide bonds. The maximum atomic E-state index is 12.0. The van der Waals surface area contributed by atoms with Crippen LogP contribution < -0.4 is 0 Å². The summed E-state index contributed by atoms with van der Waals surface area (Å²) >= 11 is 11.1.